The Balaban J connectivity index is 0.00000324. The molecule has 0 aliphatic carbocycles. The number of rotatable bonds is 3. The molecule has 0 bridgehead atoms. The Labute approximate surface area is 116 Å². The lowest BCUT2D eigenvalue weighted by Crippen LogP contribution is -2.45. The molecular weight excluding hydrogens is 275 g/mol. The number of nitrogens with two attached hydrogens (primary N) is 1. The fraction of sp³-hybridized carbons (Fsp3) is 0.333. The second-order valence-corrected chi connectivity index (χ2v) is 4.36. The van der Waals surface area contributed by atoms with Crippen LogP contribution in [0.5, 0.6) is 0 Å². The molecule has 3 N–H and O–H groups in total. The monoisotopic (exact) mass is 290 g/mol. The smallest absolute Gasteiger partial charge is 0.337 e. The number of esters is 1. The van der Waals surface area contributed by atoms with E-state index in [0.717, 1.165) is 6.07 Å². The van der Waals surface area contributed by atoms with Crippen LogP contribution in [0.25, 0.3) is 0 Å². The molecular formula is C12H16ClFN2O3. The van der Waals surface area contributed by atoms with Gasteiger partial charge in [-0.2, -0.15) is 0 Å². The van der Waals surface area contributed by atoms with Crippen molar-refractivity contribution in [2.45, 2.75) is 19.4 Å². The summed E-state index contributed by atoms with van der Waals surface area (Å²) < 4.78 is 18.0. The van der Waals surface area contributed by atoms with Crippen molar-refractivity contribution >= 4 is 30.0 Å². The maximum atomic E-state index is 13.5. The van der Waals surface area contributed by atoms with Gasteiger partial charge in [0.25, 0.3) is 0 Å². The molecule has 0 spiro atoms. The lowest BCUT2D eigenvalue weighted by molar-refractivity contribution is -0.120. The van der Waals surface area contributed by atoms with Crippen LogP contribution in [0.3, 0.4) is 0 Å². The zero-order valence-corrected chi connectivity index (χ0v) is 11.6. The highest BCUT2D eigenvalue weighted by atomic mass is 35.5. The Bertz CT molecular complexity index is 486. The van der Waals surface area contributed by atoms with Crippen molar-refractivity contribution in [3.8, 4) is 0 Å². The molecule has 0 unspecified atom stereocenters. The number of anilines is 1. The average molecular weight is 291 g/mol. The normalized spacial score (nSPS) is 10.4. The first-order valence-electron chi connectivity index (χ1n) is 5.24. The summed E-state index contributed by atoms with van der Waals surface area (Å²) in [6, 6.07) is 3.54. The van der Waals surface area contributed by atoms with Crippen molar-refractivity contribution < 1.29 is 18.7 Å². The van der Waals surface area contributed by atoms with Crippen molar-refractivity contribution in [3.05, 3.63) is 29.6 Å². The largest absolute Gasteiger partial charge is 0.465 e. The minimum absolute atomic E-state index is 0. The van der Waals surface area contributed by atoms with Gasteiger partial charge in [0.1, 0.15) is 5.82 Å². The van der Waals surface area contributed by atoms with E-state index in [1.165, 1.54) is 33.1 Å². The third kappa shape index (κ3) is 4.50. The zero-order chi connectivity index (χ0) is 13.9. The predicted molar refractivity (Wildman–Crippen MR) is 71.9 cm³/mol. The highest BCUT2D eigenvalue weighted by Gasteiger charge is 2.23. The van der Waals surface area contributed by atoms with E-state index in [9.17, 15) is 14.0 Å². The van der Waals surface area contributed by atoms with E-state index < -0.39 is 23.2 Å². The van der Waals surface area contributed by atoms with Gasteiger partial charge < -0.3 is 15.8 Å². The first-order valence-corrected chi connectivity index (χ1v) is 5.24. The van der Waals surface area contributed by atoms with Crippen LogP contribution >= 0.6 is 12.4 Å². The molecule has 1 amide bonds. The van der Waals surface area contributed by atoms with Gasteiger partial charge in [-0.3, -0.25) is 4.79 Å². The Morgan fingerprint density at radius 3 is 2.42 bits per heavy atom. The molecule has 1 rings (SSSR count). The predicted octanol–water partition coefficient (Wildman–Crippen LogP) is 1.71. The van der Waals surface area contributed by atoms with Gasteiger partial charge in [-0.25, -0.2) is 9.18 Å². The van der Waals surface area contributed by atoms with Crippen LogP contribution in [0.2, 0.25) is 0 Å². The zero-order valence-electron chi connectivity index (χ0n) is 10.8. The molecule has 0 saturated heterocycles. The lowest BCUT2D eigenvalue weighted by Gasteiger charge is -2.18. The Hall–Kier alpha value is -1.66. The molecule has 0 aromatic heterocycles. The average Bonchev–Trinajstić information content (AvgIpc) is 2.29. The maximum Gasteiger partial charge on any atom is 0.337 e. The van der Waals surface area contributed by atoms with E-state index in [1.54, 1.807) is 0 Å². The molecule has 0 fully saturated rings. The van der Waals surface area contributed by atoms with Gasteiger partial charge in [0.05, 0.1) is 23.9 Å². The minimum Gasteiger partial charge on any atom is -0.465 e. The van der Waals surface area contributed by atoms with Crippen molar-refractivity contribution in [1.82, 2.24) is 0 Å². The summed E-state index contributed by atoms with van der Waals surface area (Å²) in [6.45, 7) is 2.98. The molecule has 7 heteroatoms. The molecule has 106 valence electrons. The molecule has 0 atom stereocenters. The van der Waals surface area contributed by atoms with E-state index in [0.29, 0.717) is 0 Å². The molecule has 0 radical (unpaired) electrons. The summed E-state index contributed by atoms with van der Waals surface area (Å²) >= 11 is 0. The van der Waals surface area contributed by atoms with Crippen LogP contribution in [0.4, 0.5) is 10.1 Å². The first-order chi connectivity index (χ1) is 8.25. The SMILES string of the molecule is COC(=O)c1ccc(F)c(NC(=O)C(C)(C)N)c1.Cl. The van der Waals surface area contributed by atoms with E-state index in [2.05, 4.69) is 10.1 Å². The topological polar surface area (TPSA) is 81.4 Å². The van der Waals surface area contributed by atoms with Crippen molar-refractivity contribution in [1.29, 1.82) is 0 Å². The number of carbonyl (C=O) groups is 2. The lowest BCUT2D eigenvalue weighted by atomic mass is 10.1. The molecule has 0 aliphatic rings. The maximum absolute atomic E-state index is 13.5. The van der Waals surface area contributed by atoms with Gasteiger partial charge in [-0.1, -0.05) is 0 Å². The van der Waals surface area contributed by atoms with Crippen LogP contribution < -0.4 is 11.1 Å². The number of ether oxygens (including phenoxy) is 1. The van der Waals surface area contributed by atoms with Crippen molar-refractivity contribution in [3.63, 3.8) is 0 Å². The third-order valence-corrected chi connectivity index (χ3v) is 2.22. The van der Waals surface area contributed by atoms with Gasteiger partial charge >= 0.3 is 5.97 Å². The number of nitrogens with one attached hydrogen (secondary N) is 1. The van der Waals surface area contributed by atoms with Gasteiger partial charge in [0, 0.05) is 0 Å². The van der Waals surface area contributed by atoms with Crippen LogP contribution in [0.1, 0.15) is 24.2 Å². The van der Waals surface area contributed by atoms with Crippen LogP contribution in [-0.4, -0.2) is 24.5 Å². The quantitative estimate of drug-likeness (QED) is 0.830. The molecule has 0 saturated carbocycles. The summed E-state index contributed by atoms with van der Waals surface area (Å²) in [5, 5.41) is 2.32. The van der Waals surface area contributed by atoms with Gasteiger partial charge in [0.15, 0.2) is 0 Å². The fourth-order valence-electron chi connectivity index (χ4n) is 1.15. The Morgan fingerprint density at radius 1 is 1.37 bits per heavy atom. The number of hydrogen-bond donors (Lipinski definition) is 2. The number of hydrogen-bond acceptors (Lipinski definition) is 4. The number of halogens is 2. The Morgan fingerprint density at radius 2 is 1.95 bits per heavy atom. The van der Waals surface area contributed by atoms with Gasteiger partial charge in [0.2, 0.25) is 5.91 Å². The van der Waals surface area contributed by atoms with E-state index >= 15 is 0 Å². The second kappa shape index (κ2) is 6.49. The van der Waals surface area contributed by atoms with Crippen LogP contribution in [0.15, 0.2) is 18.2 Å². The van der Waals surface area contributed by atoms with Crippen LogP contribution in [0, 0.1) is 5.82 Å². The van der Waals surface area contributed by atoms with Crippen molar-refractivity contribution in [2.75, 3.05) is 12.4 Å². The van der Waals surface area contributed by atoms with Gasteiger partial charge in [-0.05, 0) is 32.0 Å². The number of amides is 1. The fourth-order valence-corrected chi connectivity index (χ4v) is 1.15. The molecule has 1 aromatic rings. The first kappa shape index (κ1) is 17.3. The molecule has 19 heavy (non-hydrogen) atoms. The molecule has 1 aromatic carbocycles. The summed E-state index contributed by atoms with van der Waals surface area (Å²) in [5.74, 6) is -1.82. The number of carbonyl (C=O) groups excluding carboxylic acids is 2. The van der Waals surface area contributed by atoms with E-state index in [4.69, 9.17) is 5.73 Å². The Kier molecular flexibility index (Phi) is 5.92. The van der Waals surface area contributed by atoms with Crippen molar-refractivity contribution in [2.24, 2.45) is 5.73 Å². The number of methoxy groups -OCH3 is 1. The van der Waals surface area contributed by atoms with Crippen LogP contribution in [-0.2, 0) is 9.53 Å². The van der Waals surface area contributed by atoms with E-state index in [-0.39, 0.29) is 23.7 Å². The molecule has 0 heterocycles. The standard InChI is InChI=1S/C12H15FN2O3.ClH/c1-12(2,14)11(17)15-9-6-7(10(16)18-3)4-5-8(9)13;/h4-6H,14H2,1-3H3,(H,15,17);1H. The molecule has 0 aliphatic heterocycles. The highest BCUT2D eigenvalue weighted by Crippen LogP contribution is 2.18. The molecule has 5 nitrogen and oxygen atoms in total. The van der Waals surface area contributed by atoms with E-state index in [1.807, 2.05) is 0 Å². The third-order valence-electron chi connectivity index (χ3n) is 2.22. The number of benzene rings is 1. The highest BCUT2D eigenvalue weighted by molar-refractivity contribution is 5.98. The second-order valence-electron chi connectivity index (χ2n) is 4.36. The summed E-state index contributed by atoms with van der Waals surface area (Å²) in [6.07, 6.45) is 0. The minimum atomic E-state index is -1.15. The summed E-state index contributed by atoms with van der Waals surface area (Å²) in [5.41, 5.74) is 4.46. The van der Waals surface area contributed by atoms with Gasteiger partial charge in [-0.15, -0.1) is 12.4 Å². The summed E-state index contributed by atoms with van der Waals surface area (Å²) in [7, 11) is 1.22. The summed E-state index contributed by atoms with van der Waals surface area (Å²) in [4.78, 5) is 22.9.